The molecule has 0 aliphatic carbocycles. The number of hydrogen-bond donors (Lipinski definition) is 3. The summed E-state index contributed by atoms with van der Waals surface area (Å²) in [6, 6.07) is 4.25. The number of aromatic nitrogens is 3. The van der Waals surface area contributed by atoms with Crippen molar-refractivity contribution in [2.45, 2.75) is 57.2 Å². The van der Waals surface area contributed by atoms with Crippen LogP contribution in [0.15, 0.2) is 24.5 Å². The molecule has 2 aromatic rings. The Morgan fingerprint density at radius 2 is 2.12 bits per heavy atom. The van der Waals surface area contributed by atoms with Crippen LogP contribution in [0.3, 0.4) is 0 Å². The molecule has 2 unspecified atom stereocenters. The molecular weight excluding hydrogens is 330 g/mol. The number of nitrogens with zero attached hydrogens (tertiary/aromatic N) is 3. The van der Waals surface area contributed by atoms with Gasteiger partial charge in [0.15, 0.2) is 0 Å². The standard InChI is InChI=1S/C19H25N5O2/c1-12-18(13(2)23-22-12)21-17(25)11-24-15-5-6-16(24)9-19(26,8-15)14-4-3-7-20-10-14/h3-4,7,10,15-16,26H,5-6,8-9,11H2,1-2H3,(H,21,25)(H,22,23). The summed E-state index contributed by atoms with van der Waals surface area (Å²) >= 11 is 0. The molecule has 138 valence electrons. The van der Waals surface area contributed by atoms with Gasteiger partial charge in [0.05, 0.1) is 29.2 Å². The number of H-pyrrole nitrogens is 1. The first kappa shape index (κ1) is 17.2. The minimum absolute atomic E-state index is 0.0266. The van der Waals surface area contributed by atoms with Crippen molar-refractivity contribution >= 4 is 11.6 Å². The number of carbonyl (C=O) groups is 1. The van der Waals surface area contributed by atoms with Gasteiger partial charge in [-0.05, 0) is 45.6 Å². The van der Waals surface area contributed by atoms with Gasteiger partial charge in [0.2, 0.25) is 5.91 Å². The lowest BCUT2D eigenvalue weighted by molar-refractivity contribution is -0.121. The maximum atomic E-state index is 12.6. The largest absolute Gasteiger partial charge is 0.385 e. The average molecular weight is 355 g/mol. The van der Waals surface area contributed by atoms with E-state index < -0.39 is 5.60 Å². The fraction of sp³-hybridized carbons (Fsp3) is 0.526. The minimum Gasteiger partial charge on any atom is -0.385 e. The van der Waals surface area contributed by atoms with Gasteiger partial charge >= 0.3 is 0 Å². The number of rotatable bonds is 4. The first-order chi connectivity index (χ1) is 12.5. The van der Waals surface area contributed by atoms with Crippen LogP contribution in [0.5, 0.6) is 0 Å². The van der Waals surface area contributed by atoms with E-state index in [-0.39, 0.29) is 18.0 Å². The summed E-state index contributed by atoms with van der Waals surface area (Å²) in [5.74, 6) is -0.0266. The van der Waals surface area contributed by atoms with Crippen molar-refractivity contribution in [1.82, 2.24) is 20.1 Å². The first-order valence-electron chi connectivity index (χ1n) is 9.16. The summed E-state index contributed by atoms with van der Waals surface area (Å²) in [7, 11) is 0. The number of aromatic amines is 1. The highest BCUT2D eigenvalue weighted by molar-refractivity contribution is 5.93. The van der Waals surface area contributed by atoms with Crippen molar-refractivity contribution < 1.29 is 9.90 Å². The molecule has 26 heavy (non-hydrogen) atoms. The molecule has 2 aromatic heterocycles. The van der Waals surface area contributed by atoms with E-state index in [4.69, 9.17) is 0 Å². The number of aryl methyl sites for hydroxylation is 2. The second-order valence-electron chi connectivity index (χ2n) is 7.60. The van der Waals surface area contributed by atoms with Crippen LogP contribution >= 0.6 is 0 Å². The highest BCUT2D eigenvalue weighted by Crippen LogP contribution is 2.45. The Morgan fingerprint density at radius 1 is 1.38 bits per heavy atom. The monoisotopic (exact) mass is 355 g/mol. The lowest BCUT2D eigenvalue weighted by Crippen LogP contribution is -2.51. The van der Waals surface area contributed by atoms with Crippen LogP contribution in [0.4, 0.5) is 5.69 Å². The third kappa shape index (κ3) is 3.01. The third-order valence-corrected chi connectivity index (χ3v) is 5.84. The van der Waals surface area contributed by atoms with E-state index in [1.807, 2.05) is 26.0 Å². The van der Waals surface area contributed by atoms with Crippen LogP contribution in [-0.2, 0) is 10.4 Å². The van der Waals surface area contributed by atoms with Gasteiger partial charge in [-0.25, -0.2) is 0 Å². The summed E-state index contributed by atoms with van der Waals surface area (Å²) in [6.07, 6.45) is 6.81. The van der Waals surface area contributed by atoms with Crippen molar-refractivity contribution in [3.8, 4) is 0 Å². The van der Waals surface area contributed by atoms with Crippen molar-refractivity contribution in [3.63, 3.8) is 0 Å². The van der Waals surface area contributed by atoms with Gasteiger partial charge in [-0.1, -0.05) is 6.07 Å². The quantitative estimate of drug-likeness (QED) is 0.778. The van der Waals surface area contributed by atoms with Gasteiger partial charge in [0.25, 0.3) is 0 Å². The lowest BCUT2D eigenvalue weighted by Gasteiger charge is -2.43. The van der Waals surface area contributed by atoms with Gasteiger partial charge < -0.3 is 10.4 Å². The van der Waals surface area contributed by atoms with Gasteiger partial charge in [0, 0.05) is 30.0 Å². The van der Waals surface area contributed by atoms with Crippen LogP contribution in [0.1, 0.15) is 42.6 Å². The van der Waals surface area contributed by atoms with Gasteiger partial charge in [-0.15, -0.1) is 0 Å². The number of piperidine rings is 1. The van der Waals surface area contributed by atoms with Crippen LogP contribution in [0, 0.1) is 13.8 Å². The molecule has 2 aliphatic rings. The molecule has 4 rings (SSSR count). The zero-order valence-electron chi connectivity index (χ0n) is 15.2. The number of hydrogen-bond acceptors (Lipinski definition) is 5. The number of amides is 1. The van der Waals surface area contributed by atoms with Crippen LogP contribution in [0.2, 0.25) is 0 Å². The zero-order chi connectivity index (χ0) is 18.3. The van der Waals surface area contributed by atoms with E-state index in [1.165, 1.54) is 0 Å². The molecule has 2 atom stereocenters. The number of fused-ring (bicyclic) bond motifs is 2. The Bertz CT molecular complexity index is 770. The Morgan fingerprint density at radius 3 is 2.69 bits per heavy atom. The fourth-order valence-electron chi connectivity index (χ4n) is 4.53. The Labute approximate surface area is 152 Å². The Balaban J connectivity index is 1.45. The van der Waals surface area contributed by atoms with Crippen LogP contribution < -0.4 is 5.32 Å². The second kappa shape index (κ2) is 6.48. The van der Waals surface area contributed by atoms with E-state index in [1.54, 1.807) is 12.4 Å². The van der Waals surface area contributed by atoms with Crippen molar-refractivity contribution in [1.29, 1.82) is 0 Å². The molecule has 0 spiro atoms. The third-order valence-electron chi connectivity index (χ3n) is 5.84. The van der Waals surface area contributed by atoms with E-state index in [9.17, 15) is 9.90 Å². The smallest absolute Gasteiger partial charge is 0.238 e. The molecular formula is C19H25N5O2. The van der Waals surface area contributed by atoms with Crippen molar-refractivity contribution in [3.05, 3.63) is 41.5 Å². The average Bonchev–Trinajstić information content (AvgIpc) is 3.06. The maximum absolute atomic E-state index is 12.6. The molecule has 0 saturated carbocycles. The SMILES string of the molecule is Cc1n[nH]c(C)c1NC(=O)CN1C2CCC1CC(O)(c1cccnc1)C2. The second-order valence-corrected chi connectivity index (χ2v) is 7.60. The molecule has 7 heteroatoms. The Hall–Kier alpha value is -2.25. The predicted molar refractivity (Wildman–Crippen MR) is 97.6 cm³/mol. The Kier molecular flexibility index (Phi) is 4.28. The number of aliphatic hydroxyl groups is 1. The number of pyridine rings is 1. The molecule has 2 saturated heterocycles. The number of carbonyl (C=O) groups excluding carboxylic acids is 1. The molecule has 7 nitrogen and oxygen atoms in total. The van der Waals surface area contributed by atoms with Gasteiger partial charge in [-0.2, -0.15) is 5.10 Å². The molecule has 3 N–H and O–H groups in total. The highest BCUT2D eigenvalue weighted by Gasteiger charge is 2.48. The summed E-state index contributed by atoms with van der Waals surface area (Å²) in [4.78, 5) is 19.0. The molecule has 2 fully saturated rings. The molecule has 2 bridgehead atoms. The highest BCUT2D eigenvalue weighted by atomic mass is 16.3. The molecule has 2 aliphatic heterocycles. The maximum Gasteiger partial charge on any atom is 0.238 e. The fourth-order valence-corrected chi connectivity index (χ4v) is 4.53. The van der Waals surface area contributed by atoms with E-state index in [0.717, 1.165) is 35.5 Å². The zero-order valence-corrected chi connectivity index (χ0v) is 15.2. The van der Waals surface area contributed by atoms with Gasteiger partial charge in [0.1, 0.15) is 0 Å². The van der Waals surface area contributed by atoms with Crippen molar-refractivity contribution in [2.75, 3.05) is 11.9 Å². The van der Waals surface area contributed by atoms with Crippen molar-refractivity contribution in [2.24, 2.45) is 0 Å². The molecule has 0 aromatic carbocycles. The first-order valence-corrected chi connectivity index (χ1v) is 9.16. The van der Waals surface area contributed by atoms with E-state index in [2.05, 4.69) is 25.4 Å². The molecule has 1 amide bonds. The molecule has 4 heterocycles. The van der Waals surface area contributed by atoms with Crippen LogP contribution in [0.25, 0.3) is 0 Å². The topological polar surface area (TPSA) is 94.1 Å². The predicted octanol–water partition coefficient (Wildman–Crippen LogP) is 1.87. The van der Waals surface area contributed by atoms with Crippen LogP contribution in [-0.4, -0.2) is 49.7 Å². The summed E-state index contributed by atoms with van der Waals surface area (Å²) in [5.41, 5.74) is 2.47. The number of nitrogens with one attached hydrogen (secondary N) is 2. The molecule has 0 radical (unpaired) electrons. The van der Waals surface area contributed by atoms with Gasteiger partial charge in [-0.3, -0.25) is 19.8 Å². The number of anilines is 1. The van der Waals surface area contributed by atoms with E-state index in [0.29, 0.717) is 19.4 Å². The normalized spacial score (nSPS) is 28.3. The minimum atomic E-state index is -0.842. The summed E-state index contributed by atoms with van der Waals surface area (Å²) in [6.45, 7) is 4.12. The van der Waals surface area contributed by atoms with E-state index >= 15 is 0 Å². The summed E-state index contributed by atoms with van der Waals surface area (Å²) in [5, 5.41) is 21.2. The lowest BCUT2D eigenvalue weighted by atomic mass is 9.81. The summed E-state index contributed by atoms with van der Waals surface area (Å²) < 4.78 is 0.